The lowest BCUT2D eigenvalue weighted by Gasteiger charge is -2.14. The number of amides is 1. The van der Waals surface area contributed by atoms with Crippen LogP contribution < -0.4 is 15.8 Å². The Kier molecular flexibility index (Phi) is 7.21. The molecule has 0 heterocycles. The molecule has 0 aliphatic heterocycles. The van der Waals surface area contributed by atoms with Crippen LogP contribution in [0.5, 0.6) is 5.75 Å². The lowest BCUT2D eigenvalue weighted by Crippen LogP contribution is -2.25. The van der Waals surface area contributed by atoms with Gasteiger partial charge in [0.15, 0.2) is 0 Å². The van der Waals surface area contributed by atoms with Crippen LogP contribution in [0.3, 0.4) is 0 Å². The van der Waals surface area contributed by atoms with Crippen LogP contribution in [-0.4, -0.2) is 18.0 Å². The molecule has 0 unspecified atom stereocenters. The van der Waals surface area contributed by atoms with E-state index in [0.29, 0.717) is 5.56 Å². The van der Waals surface area contributed by atoms with Crippen molar-refractivity contribution in [3.8, 4) is 11.8 Å². The second kappa shape index (κ2) is 9.21. The van der Waals surface area contributed by atoms with E-state index in [1.54, 1.807) is 30.0 Å². The zero-order valence-electron chi connectivity index (χ0n) is 14.6. The highest BCUT2D eigenvalue weighted by Gasteiger charge is 2.32. The number of carbonyl (C=O) groups is 1. The van der Waals surface area contributed by atoms with E-state index in [1.807, 2.05) is 13.0 Å². The van der Waals surface area contributed by atoms with Gasteiger partial charge in [-0.2, -0.15) is 5.26 Å². The van der Waals surface area contributed by atoms with Gasteiger partial charge in [-0.15, -0.1) is 24.9 Å². The summed E-state index contributed by atoms with van der Waals surface area (Å²) in [4.78, 5) is 13.4. The highest BCUT2D eigenvalue weighted by atomic mass is 79.9. The van der Waals surface area contributed by atoms with Crippen molar-refractivity contribution in [2.75, 3.05) is 11.5 Å². The van der Waals surface area contributed by atoms with E-state index in [0.717, 1.165) is 22.3 Å². The van der Waals surface area contributed by atoms with Crippen LogP contribution in [0.15, 0.2) is 39.7 Å². The van der Waals surface area contributed by atoms with Crippen molar-refractivity contribution in [1.29, 1.82) is 5.26 Å². The smallest absolute Gasteiger partial charge is 0.405 e. The number of halogens is 4. The van der Waals surface area contributed by atoms with E-state index < -0.39 is 18.0 Å². The molecule has 0 saturated heterocycles. The van der Waals surface area contributed by atoms with Crippen LogP contribution >= 0.6 is 27.7 Å². The summed E-state index contributed by atoms with van der Waals surface area (Å²) in [5.41, 5.74) is 6.78. The summed E-state index contributed by atoms with van der Waals surface area (Å²) < 4.78 is 41.4. The Hall–Kier alpha value is -2.38. The fraction of sp³-hybridized carbons (Fsp3) is 0.222. The van der Waals surface area contributed by atoms with Gasteiger partial charge in [-0.3, -0.25) is 4.79 Å². The first-order valence-electron chi connectivity index (χ1n) is 7.93. The lowest BCUT2D eigenvalue weighted by atomic mass is 10.1. The van der Waals surface area contributed by atoms with E-state index in [9.17, 15) is 18.0 Å². The quantitative estimate of drug-likeness (QED) is 0.462. The zero-order valence-corrected chi connectivity index (χ0v) is 17.0. The van der Waals surface area contributed by atoms with Crippen molar-refractivity contribution < 1.29 is 22.7 Å². The van der Waals surface area contributed by atoms with Gasteiger partial charge in [0.25, 0.3) is 5.91 Å². The molecule has 2 aromatic carbocycles. The van der Waals surface area contributed by atoms with Crippen LogP contribution in [0.2, 0.25) is 0 Å². The molecule has 0 aromatic heterocycles. The van der Waals surface area contributed by atoms with Gasteiger partial charge in [0.2, 0.25) is 0 Å². The molecule has 10 heteroatoms. The second-order valence-corrected chi connectivity index (χ2v) is 7.63. The number of alkyl halides is 3. The topological polar surface area (TPSA) is 88.1 Å². The molecular weight excluding hydrogens is 459 g/mol. The largest absolute Gasteiger partial charge is 0.573 e. The number of benzene rings is 2. The van der Waals surface area contributed by atoms with E-state index in [1.165, 1.54) is 6.07 Å². The SMILES string of the molecule is CCSc1ccc(C#N)cc1CNC(=O)c1cc(OC(F)(F)F)c(Br)cc1N. The van der Waals surface area contributed by atoms with Crippen LogP contribution in [0, 0.1) is 11.3 Å². The first kappa shape index (κ1) is 21.9. The molecule has 0 saturated carbocycles. The molecule has 148 valence electrons. The second-order valence-electron chi connectivity index (χ2n) is 5.47. The average molecular weight is 474 g/mol. The van der Waals surface area contributed by atoms with E-state index in [4.69, 9.17) is 11.0 Å². The standard InChI is InChI=1S/C18H15BrF3N3O2S/c1-2-28-16-4-3-10(8-23)5-11(16)9-25-17(26)12-6-15(27-18(20,21)22)13(19)7-14(12)24/h3-7H,2,9,24H2,1H3,(H,25,26). The Bertz CT molecular complexity index is 930. The normalized spacial score (nSPS) is 11.0. The van der Waals surface area contributed by atoms with Gasteiger partial charge >= 0.3 is 6.36 Å². The van der Waals surface area contributed by atoms with Crippen LogP contribution in [0.25, 0.3) is 0 Å². The Morgan fingerprint density at radius 2 is 2.07 bits per heavy atom. The minimum atomic E-state index is -4.91. The summed E-state index contributed by atoms with van der Waals surface area (Å²) in [5.74, 6) is -0.433. The number of nitrogens with zero attached hydrogens (tertiary/aromatic N) is 1. The van der Waals surface area contributed by atoms with Gasteiger partial charge in [0.1, 0.15) is 5.75 Å². The van der Waals surface area contributed by atoms with Crippen LogP contribution in [-0.2, 0) is 6.54 Å². The molecule has 0 radical (unpaired) electrons. The molecule has 0 aliphatic carbocycles. The number of anilines is 1. The minimum absolute atomic E-state index is 0.00664. The Morgan fingerprint density at radius 1 is 1.36 bits per heavy atom. The first-order valence-corrected chi connectivity index (χ1v) is 9.71. The van der Waals surface area contributed by atoms with Crippen molar-refractivity contribution in [3.05, 3.63) is 51.5 Å². The van der Waals surface area contributed by atoms with Gasteiger partial charge in [0.05, 0.1) is 21.7 Å². The summed E-state index contributed by atoms with van der Waals surface area (Å²) in [6.45, 7) is 2.05. The lowest BCUT2D eigenvalue weighted by molar-refractivity contribution is -0.274. The van der Waals surface area contributed by atoms with Crippen LogP contribution in [0.1, 0.15) is 28.4 Å². The van der Waals surface area contributed by atoms with Crippen molar-refractivity contribution in [2.45, 2.75) is 24.7 Å². The summed E-state index contributed by atoms with van der Waals surface area (Å²) in [6.07, 6.45) is -4.91. The molecule has 28 heavy (non-hydrogen) atoms. The van der Waals surface area contributed by atoms with Gasteiger partial charge in [-0.05, 0) is 57.6 Å². The third-order valence-corrected chi connectivity index (χ3v) is 5.12. The van der Waals surface area contributed by atoms with Gasteiger partial charge in [-0.25, -0.2) is 0 Å². The van der Waals surface area contributed by atoms with E-state index in [-0.39, 0.29) is 22.3 Å². The number of carbonyl (C=O) groups excluding carboxylic acids is 1. The Morgan fingerprint density at radius 3 is 2.68 bits per heavy atom. The monoisotopic (exact) mass is 473 g/mol. The molecule has 3 N–H and O–H groups in total. The van der Waals surface area contributed by atoms with Crippen molar-refractivity contribution in [3.63, 3.8) is 0 Å². The summed E-state index contributed by atoms with van der Waals surface area (Å²) in [6, 6.07) is 9.25. The molecule has 2 aromatic rings. The Labute approximate surface area is 172 Å². The predicted octanol–water partition coefficient (Wildman–Crippen LogP) is 4.84. The van der Waals surface area contributed by atoms with E-state index in [2.05, 4.69) is 26.0 Å². The molecule has 5 nitrogen and oxygen atoms in total. The van der Waals surface area contributed by atoms with Gasteiger partial charge in [0, 0.05) is 17.1 Å². The van der Waals surface area contributed by atoms with E-state index >= 15 is 0 Å². The Balaban J connectivity index is 2.24. The number of hydrogen-bond donors (Lipinski definition) is 2. The third kappa shape index (κ3) is 5.81. The van der Waals surface area contributed by atoms with Crippen molar-refractivity contribution >= 4 is 39.3 Å². The molecule has 1 amide bonds. The van der Waals surface area contributed by atoms with Crippen molar-refractivity contribution in [1.82, 2.24) is 5.32 Å². The molecule has 0 bridgehead atoms. The molecular formula is C18H15BrF3N3O2S. The maximum absolute atomic E-state index is 12.5. The number of hydrogen-bond acceptors (Lipinski definition) is 5. The highest BCUT2D eigenvalue weighted by Crippen LogP contribution is 2.34. The summed E-state index contributed by atoms with van der Waals surface area (Å²) >= 11 is 4.48. The maximum Gasteiger partial charge on any atom is 0.573 e. The summed E-state index contributed by atoms with van der Waals surface area (Å²) in [5, 5.41) is 11.7. The summed E-state index contributed by atoms with van der Waals surface area (Å²) in [7, 11) is 0. The zero-order chi connectivity index (χ0) is 20.9. The van der Waals surface area contributed by atoms with Gasteiger partial charge < -0.3 is 15.8 Å². The molecule has 2 rings (SSSR count). The fourth-order valence-electron chi connectivity index (χ4n) is 2.32. The number of nitrogens with one attached hydrogen (secondary N) is 1. The third-order valence-electron chi connectivity index (χ3n) is 3.50. The van der Waals surface area contributed by atoms with Gasteiger partial charge in [-0.1, -0.05) is 6.92 Å². The number of rotatable bonds is 6. The number of ether oxygens (including phenoxy) is 1. The fourth-order valence-corrected chi connectivity index (χ4v) is 3.56. The minimum Gasteiger partial charge on any atom is -0.405 e. The molecule has 0 spiro atoms. The highest BCUT2D eigenvalue weighted by molar-refractivity contribution is 9.10. The number of nitrogen functional groups attached to an aromatic ring is 1. The molecule has 0 atom stereocenters. The first-order chi connectivity index (χ1) is 13.1. The van der Waals surface area contributed by atoms with Crippen LogP contribution in [0.4, 0.5) is 18.9 Å². The number of thioether (sulfide) groups is 1. The molecule has 0 fully saturated rings. The van der Waals surface area contributed by atoms with Crippen molar-refractivity contribution in [2.24, 2.45) is 0 Å². The maximum atomic E-state index is 12.5. The molecule has 0 aliphatic rings. The number of nitriles is 1. The predicted molar refractivity (Wildman–Crippen MR) is 104 cm³/mol. The average Bonchev–Trinajstić information content (AvgIpc) is 2.62. The number of nitrogens with two attached hydrogens (primary N) is 1.